The van der Waals surface area contributed by atoms with Gasteiger partial charge < -0.3 is 0 Å². The van der Waals surface area contributed by atoms with Crippen molar-refractivity contribution in [1.82, 2.24) is 5.48 Å². The predicted octanol–water partition coefficient (Wildman–Crippen LogP) is 2.05. The van der Waals surface area contributed by atoms with Crippen LogP contribution in [0, 0.1) is 17.6 Å². The monoisotopic (exact) mass is 229 g/mol. The first kappa shape index (κ1) is 10.1. The van der Waals surface area contributed by atoms with Crippen molar-refractivity contribution in [2.75, 3.05) is 6.67 Å². The van der Waals surface area contributed by atoms with Gasteiger partial charge in [0.25, 0.3) is 0 Å². The molecule has 16 heavy (non-hydrogen) atoms. The molecule has 1 aliphatic carbocycles. The molecule has 1 N–H and O–H groups in total. The quantitative estimate of drug-likeness (QED) is 0.838. The number of alkyl halides is 1. The zero-order chi connectivity index (χ0) is 11.3. The van der Waals surface area contributed by atoms with Crippen LogP contribution in [-0.2, 0) is 10.4 Å². The summed E-state index contributed by atoms with van der Waals surface area (Å²) in [5.41, 5.74) is 1.32. The third kappa shape index (κ3) is 1.15. The summed E-state index contributed by atoms with van der Waals surface area (Å²) < 4.78 is 39.9. The second-order valence-corrected chi connectivity index (χ2v) is 4.31. The summed E-state index contributed by atoms with van der Waals surface area (Å²) in [4.78, 5) is 5.10. The lowest BCUT2D eigenvalue weighted by Gasteiger charge is -2.27. The van der Waals surface area contributed by atoms with Crippen LogP contribution in [0.3, 0.4) is 0 Å². The van der Waals surface area contributed by atoms with Gasteiger partial charge >= 0.3 is 0 Å². The first-order chi connectivity index (χ1) is 7.69. The van der Waals surface area contributed by atoms with Gasteiger partial charge in [-0.05, 0) is 12.5 Å². The maximum Gasteiger partial charge on any atom is 0.164 e. The van der Waals surface area contributed by atoms with Crippen LogP contribution in [0.4, 0.5) is 13.2 Å². The van der Waals surface area contributed by atoms with Crippen LogP contribution in [0.5, 0.6) is 0 Å². The Morgan fingerprint density at radius 1 is 1.44 bits per heavy atom. The van der Waals surface area contributed by atoms with Gasteiger partial charge in [0.2, 0.25) is 0 Å². The molecule has 0 radical (unpaired) electrons. The largest absolute Gasteiger partial charge is 0.297 e. The molecule has 1 saturated carbocycles. The Balaban J connectivity index is 2.10. The molecule has 1 aliphatic heterocycles. The Morgan fingerprint density at radius 3 is 2.81 bits per heavy atom. The van der Waals surface area contributed by atoms with E-state index in [1.165, 1.54) is 12.1 Å². The molecule has 3 rings (SSSR count). The molecule has 1 aromatic carbocycles. The van der Waals surface area contributed by atoms with Gasteiger partial charge in [0.05, 0.1) is 6.10 Å². The van der Waals surface area contributed by atoms with E-state index in [1.54, 1.807) is 0 Å². The number of benzene rings is 1. The van der Waals surface area contributed by atoms with Crippen molar-refractivity contribution in [3.8, 4) is 0 Å². The minimum atomic E-state index is -1.21. The second-order valence-electron chi connectivity index (χ2n) is 4.31. The highest BCUT2D eigenvalue weighted by Crippen LogP contribution is 2.53. The highest BCUT2D eigenvalue weighted by molar-refractivity contribution is 5.32. The van der Waals surface area contributed by atoms with Gasteiger partial charge in [-0.25, -0.2) is 13.2 Å². The molecule has 1 saturated heterocycles. The highest BCUT2D eigenvalue weighted by atomic mass is 19.2. The maximum absolute atomic E-state index is 13.6. The Morgan fingerprint density at radius 2 is 2.25 bits per heavy atom. The molecular weight excluding hydrogens is 219 g/mol. The molecule has 86 valence electrons. The highest BCUT2D eigenvalue weighted by Gasteiger charge is 2.62. The Labute approximate surface area is 90.4 Å². The molecule has 3 atom stereocenters. The van der Waals surface area contributed by atoms with Gasteiger partial charge in [0.1, 0.15) is 12.2 Å². The summed E-state index contributed by atoms with van der Waals surface area (Å²) in [5, 5.41) is 0. The van der Waals surface area contributed by atoms with E-state index < -0.39 is 23.8 Å². The standard InChI is InChI=1S/C11H10F3NO/c12-5-11(7-4-9(7)16-15-11)6-2-1-3-8(13)10(6)14/h1-3,7,9,15H,4-5H2. The summed E-state index contributed by atoms with van der Waals surface area (Å²) in [5.74, 6) is -2.06. The van der Waals surface area contributed by atoms with E-state index in [1.807, 2.05) is 0 Å². The average molecular weight is 229 g/mol. The summed E-state index contributed by atoms with van der Waals surface area (Å²) in [6.07, 6.45) is 0.616. The number of hydrogen-bond donors (Lipinski definition) is 1. The Bertz CT molecular complexity index is 439. The SMILES string of the molecule is FCC1(c2cccc(F)c2F)NOC2CC21. The van der Waals surface area contributed by atoms with Gasteiger partial charge in [-0.3, -0.25) is 4.84 Å². The summed E-state index contributed by atoms with van der Waals surface area (Å²) in [6, 6.07) is 3.79. The Hall–Kier alpha value is -1.07. The van der Waals surface area contributed by atoms with Gasteiger partial charge in [0, 0.05) is 11.5 Å². The van der Waals surface area contributed by atoms with E-state index >= 15 is 0 Å². The predicted molar refractivity (Wildman–Crippen MR) is 50.1 cm³/mol. The molecule has 0 bridgehead atoms. The lowest BCUT2D eigenvalue weighted by atomic mass is 9.87. The number of halogens is 3. The molecule has 3 unspecified atom stereocenters. The van der Waals surface area contributed by atoms with Crippen LogP contribution in [0.25, 0.3) is 0 Å². The topological polar surface area (TPSA) is 21.3 Å². The van der Waals surface area contributed by atoms with Crippen molar-refractivity contribution in [3.05, 3.63) is 35.4 Å². The van der Waals surface area contributed by atoms with Crippen LogP contribution in [0.1, 0.15) is 12.0 Å². The van der Waals surface area contributed by atoms with Crippen molar-refractivity contribution in [3.63, 3.8) is 0 Å². The van der Waals surface area contributed by atoms with E-state index in [2.05, 4.69) is 5.48 Å². The van der Waals surface area contributed by atoms with Crippen LogP contribution in [0.15, 0.2) is 18.2 Å². The molecule has 5 heteroatoms. The lowest BCUT2D eigenvalue weighted by molar-refractivity contribution is 0.00706. The van der Waals surface area contributed by atoms with Crippen molar-refractivity contribution in [2.45, 2.75) is 18.1 Å². The van der Waals surface area contributed by atoms with Crippen molar-refractivity contribution in [2.24, 2.45) is 5.92 Å². The first-order valence-corrected chi connectivity index (χ1v) is 5.12. The van der Waals surface area contributed by atoms with Gasteiger partial charge in [-0.1, -0.05) is 12.1 Å². The summed E-state index contributed by atoms with van der Waals surface area (Å²) in [6.45, 7) is -0.811. The zero-order valence-electron chi connectivity index (χ0n) is 8.34. The molecule has 1 aromatic rings. The zero-order valence-corrected chi connectivity index (χ0v) is 8.34. The van der Waals surface area contributed by atoms with E-state index in [4.69, 9.17) is 4.84 Å². The Kier molecular flexibility index (Phi) is 2.03. The molecule has 0 aromatic heterocycles. The molecule has 2 aliphatic rings. The maximum atomic E-state index is 13.6. The normalized spacial score (nSPS) is 36.2. The van der Waals surface area contributed by atoms with Gasteiger partial charge in [-0.15, -0.1) is 0 Å². The van der Waals surface area contributed by atoms with Gasteiger partial charge in [0.15, 0.2) is 11.6 Å². The van der Waals surface area contributed by atoms with Crippen LogP contribution < -0.4 is 5.48 Å². The van der Waals surface area contributed by atoms with E-state index in [0.717, 1.165) is 6.07 Å². The molecule has 0 spiro atoms. The van der Waals surface area contributed by atoms with E-state index in [9.17, 15) is 13.2 Å². The molecule has 2 nitrogen and oxygen atoms in total. The second kappa shape index (κ2) is 3.21. The first-order valence-electron chi connectivity index (χ1n) is 5.12. The fourth-order valence-electron chi connectivity index (χ4n) is 2.38. The summed E-state index contributed by atoms with van der Waals surface area (Å²) in [7, 11) is 0. The van der Waals surface area contributed by atoms with Crippen molar-refractivity contribution >= 4 is 0 Å². The fourth-order valence-corrected chi connectivity index (χ4v) is 2.38. The van der Waals surface area contributed by atoms with Crippen LogP contribution in [0.2, 0.25) is 0 Å². The van der Waals surface area contributed by atoms with E-state index in [-0.39, 0.29) is 17.6 Å². The third-order valence-corrected chi connectivity index (χ3v) is 3.40. The molecule has 2 fully saturated rings. The number of rotatable bonds is 2. The fraction of sp³-hybridized carbons (Fsp3) is 0.455. The lowest BCUT2D eigenvalue weighted by Crippen LogP contribution is -2.43. The van der Waals surface area contributed by atoms with Crippen LogP contribution >= 0.6 is 0 Å². The molecular formula is C11H10F3NO. The van der Waals surface area contributed by atoms with Gasteiger partial charge in [-0.2, -0.15) is 5.48 Å². The summed E-state index contributed by atoms with van der Waals surface area (Å²) >= 11 is 0. The smallest absolute Gasteiger partial charge is 0.164 e. The minimum Gasteiger partial charge on any atom is -0.297 e. The molecule has 1 heterocycles. The van der Waals surface area contributed by atoms with Crippen molar-refractivity contribution < 1.29 is 18.0 Å². The van der Waals surface area contributed by atoms with Crippen LogP contribution in [-0.4, -0.2) is 12.8 Å². The van der Waals surface area contributed by atoms with Crippen molar-refractivity contribution in [1.29, 1.82) is 0 Å². The number of fused-ring (bicyclic) bond motifs is 1. The molecule has 0 amide bonds. The average Bonchev–Trinajstić information content (AvgIpc) is 2.99. The number of hydrogen-bond acceptors (Lipinski definition) is 2. The van der Waals surface area contributed by atoms with E-state index in [0.29, 0.717) is 6.42 Å². The third-order valence-electron chi connectivity index (χ3n) is 3.40. The number of hydroxylamine groups is 1. The number of nitrogens with one attached hydrogen (secondary N) is 1. The minimum absolute atomic E-state index is 0.0139.